The summed E-state index contributed by atoms with van der Waals surface area (Å²) in [6.07, 6.45) is 1.60. The Balaban J connectivity index is 1.79. The summed E-state index contributed by atoms with van der Waals surface area (Å²) < 4.78 is 0. The van der Waals surface area contributed by atoms with Gasteiger partial charge in [-0.3, -0.25) is 14.6 Å². The highest BCUT2D eigenvalue weighted by atomic mass is 16.2. The van der Waals surface area contributed by atoms with E-state index in [1.165, 1.54) is 6.92 Å². The van der Waals surface area contributed by atoms with Gasteiger partial charge >= 0.3 is 0 Å². The quantitative estimate of drug-likeness (QED) is 0.531. The van der Waals surface area contributed by atoms with Gasteiger partial charge in [0.2, 0.25) is 0 Å². The number of hydrogen-bond donors (Lipinski definition) is 2. The first-order chi connectivity index (χ1) is 13.8. The number of nitrogens with one attached hydrogen (secondary N) is 2. The van der Waals surface area contributed by atoms with Crippen LogP contribution in [0, 0.1) is 6.92 Å². The highest BCUT2D eigenvalue weighted by Gasteiger charge is 2.14. The smallest absolute Gasteiger partial charge is 0.274 e. The lowest BCUT2D eigenvalue weighted by Gasteiger charge is -2.16. The van der Waals surface area contributed by atoms with Crippen molar-refractivity contribution in [1.29, 1.82) is 0 Å². The van der Waals surface area contributed by atoms with E-state index >= 15 is 0 Å². The van der Waals surface area contributed by atoms with Gasteiger partial charge in [-0.1, -0.05) is 32.0 Å². The molecule has 0 aliphatic heterocycles. The molecule has 0 aliphatic carbocycles. The fourth-order valence-electron chi connectivity index (χ4n) is 3.11. The molecule has 0 aliphatic rings. The van der Waals surface area contributed by atoms with E-state index in [4.69, 9.17) is 0 Å². The molecule has 3 rings (SSSR count). The van der Waals surface area contributed by atoms with Crippen molar-refractivity contribution in [3.05, 3.63) is 83.2 Å². The maximum Gasteiger partial charge on any atom is 0.274 e. The van der Waals surface area contributed by atoms with Crippen LogP contribution in [-0.4, -0.2) is 16.7 Å². The Labute approximate surface area is 171 Å². The van der Waals surface area contributed by atoms with Crippen LogP contribution >= 0.6 is 0 Å². The number of hydrogen-bond acceptors (Lipinski definition) is 4. The minimum Gasteiger partial charge on any atom is -0.355 e. The molecule has 0 fully saturated rings. The molecule has 0 spiro atoms. The van der Waals surface area contributed by atoms with E-state index in [1.54, 1.807) is 30.5 Å². The summed E-state index contributed by atoms with van der Waals surface area (Å²) in [5, 5.41) is 6.26. The number of para-hydroxylation sites is 1. The fraction of sp³-hybridized carbons (Fsp3) is 0.208. The molecule has 148 valence electrons. The van der Waals surface area contributed by atoms with Crippen molar-refractivity contribution in [2.75, 3.05) is 10.6 Å². The number of nitrogens with zero attached hydrogens (tertiary/aromatic N) is 1. The van der Waals surface area contributed by atoms with Crippen molar-refractivity contribution < 1.29 is 9.59 Å². The first-order valence-electron chi connectivity index (χ1n) is 9.60. The lowest BCUT2D eigenvalue weighted by molar-refractivity contribution is 0.101. The van der Waals surface area contributed by atoms with Crippen molar-refractivity contribution in [3.8, 4) is 0 Å². The van der Waals surface area contributed by atoms with Crippen LogP contribution in [0.5, 0.6) is 0 Å². The summed E-state index contributed by atoms with van der Waals surface area (Å²) in [7, 11) is 0. The van der Waals surface area contributed by atoms with Crippen LogP contribution in [0.15, 0.2) is 60.8 Å². The first-order valence-corrected chi connectivity index (χ1v) is 9.60. The second-order valence-electron chi connectivity index (χ2n) is 7.34. The van der Waals surface area contributed by atoms with Gasteiger partial charge in [0.1, 0.15) is 5.69 Å². The van der Waals surface area contributed by atoms with Crippen LogP contribution in [0.2, 0.25) is 0 Å². The second-order valence-corrected chi connectivity index (χ2v) is 7.34. The van der Waals surface area contributed by atoms with Gasteiger partial charge in [-0.15, -0.1) is 0 Å². The molecule has 0 radical (unpaired) electrons. The lowest BCUT2D eigenvalue weighted by Crippen LogP contribution is -2.16. The molecule has 0 atom stereocenters. The van der Waals surface area contributed by atoms with Gasteiger partial charge in [-0.05, 0) is 67.3 Å². The topological polar surface area (TPSA) is 71.1 Å². The molecule has 1 heterocycles. The molecule has 2 N–H and O–H groups in total. The predicted molar refractivity (Wildman–Crippen MR) is 117 cm³/mol. The zero-order valence-electron chi connectivity index (χ0n) is 17.1. The molecule has 0 saturated carbocycles. The number of amides is 1. The summed E-state index contributed by atoms with van der Waals surface area (Å²) in [5.74, 6) is 0.0669. The molecule has 2 aromatic carbocycles. The average Bonchev–Trinajstić information content (AvgIpc) is 2.70. The molecule has 0 saturated heterocycles. The number of aromatic nitrogens is 1. The van der Waals surface area contributed by atoms with Crippen LogP contribution in [0.3, 0.4) is 0 Å². The van der Waals surface area contributed by atoms with Crippen molar-refractivity contribution in [2.24, 2.45) is 0 Å². The van der Waals surface area contributed by atoms with Crippen LogP contribution in [0.25, 0.3) is 0 Å². The maximum atomic E-state index is 12.8. The minimum atomic E-state index is -0.253. The molecule has 0 bridgehead atoms. The number of carbonyl (C=O) groups is 2. The number of benzene rings is 2. The molecule has 29 heavy (non-hydrogen) atoms. The number of aryl methyl sites for hydroxylation is 1. The third kappa shape index (κ3) is 4.88. The molecule has 5 nitrogen and oxygen atoms in total. The van der Waals surface area contributed by atoms with Crippen LogP contribution < -0.4 is 10.6 Å². The fourth-order valence-corrected chi connectivity index (χ4v) is 3.11. The van der Waals surface area contributed by atoms with E-state index in [1.807, 2.05) is 37.3 Å². The van der Waals surface area contributed by atoms with Gasteiger partial charge < -0.3 is 10.6 Å². The van der Waals surface area contributed by atoms with Crippen molar-refractivity contribution >= 4 is 28.8 Å². The number of pyridine rings is 1. The van der Waals surface area contributed by atoms with E-state index in [-0.39, 0.29) is 11.7 Å². The Morgan fingerprint density at radius 1 is 0.966 bits per heavy atom. The third-order valence-electron chi connectivity index (χ3n) is 4.74. The summed E-state index contributed by atoms with van der Waals surface area (Å²) in [6, 6.07) is 16.7. The number of carbonyl (C=O) groups excluding carboxylic acids is 2. The summed E-state index contributed by atoms with van der Waals surface area (Å²) in [5.41, 5.74) is 5.51. The van der Waals surface area contributed by atoms with Crippen LogP contribution in [0.1, 0.15) is 58.7 Å². The van der Waals surface area contributed by atoms with E-state index in [0.29, 0.717) is 17.2 Å². The normalized spacial score (nSPS) is 10.7. The lowest BCUT2D eigenvalue weighted by atomic mass is 9.98. The first kappa shape index (κ1) is 20.3. The zero-order valence-corrected chi connectivity index (χ0v) is 17.1. The molecule has 3 aromatic rings. The van der Waals surface area contributed by atoms with E-state index < -0.39 is 0 Å². The van der Waals surface area contributed by atoms with E-state index in [2.05, 4.69) is 29.5 Å². The molecular formula is C24H25N3O2. The monoisotopic (exact) mass is 387 g/mol. The zero-order chi connectivity index (χ0) is 21.0. The van der Waals surface area contributed by atoms with E-state index in [0.717, 1.165) is 28.2 Å². The Bertz CT molecular complexity index is 1040. The number of rotatable bonds is 6. The predicted octanol–water partition coefficient (Wildman–Crippen LogP) is 5.71. The Hall–Kier alpha value is -3.47. The van der Waals surface area contributed by atoms with Gasteiger partial charge in [0, 0.05) is 28.8 Å². The standard InChI is InChI=1S/C24H25N3O2/c1-15(2)21-7-5-6-16(3)23(21)27-24(29)22-14-20(12-13-25-22)26-19-10-8-18(9-11-19)17(4)28/h5-15H,1-4H3,(H,25,26)(H,27,29). The third-order valence-corrected chi connectivity index (χ3v) is 4.74. The highest BCUT2D eigenvalue weighted by molar-refractivity contribution is 6.04. The van der Waals surface area contributed by atoms with Crippen LogP contribution in [0.4, 0.5) is 17.1 Å². The minimum absolute atomic E-state index is 0.0244. The second kappa shape index (κ2) is 8.69. The number of ketones is 1. The summed E-state index contributed by atoms with van der Waals surface area (Å²) >= 11 is 0. The molecular weight excluding hydrogens is 362 g/mol. The van der Waals surface area contributed by atoms with Gasteiger partial charge in [0.15, 0.2) is 5.78 Å². The SMILES string of the molecule is CC(=O)c1ccc(Nc2ccnc(C(=O)Nc3c(C)cccc3C(C)C)c2)cc1. The van der Waals surface area contributed by atoms with E-state index in [9.17, 15) is 9.59 Å². The largest absolute Gasteiger partial charge is 0.355 e. The summed E-state index contributed by atoms with van der Waals surface area (Å²) in [6.45, 7) is 7.72. The Morgan fingerprint density at radius 3 is 2.34 bits per heavy atom. The van der Waals surface area contributed by atoms with Gasteiger partial charge in [-0.25, -0.2) is 0 Å². The van der Waals surface area contributed by atoms with Gasteiger partial charge in [-0.2, -0.15) is 0 Å². The maximum absolute atomic E-state index is 12.8. The number of anilines is 3. The molecule has 5 heteroatoms. The Kier molecular flexibility index (Phi) is 6.07. The Morgan fingerprint density at radius 2 is 1.69 bits per heavy atom. The molecule has 1 aromatic heterocycles. The average molecular weight is 387 g/mol. The highest BCUT2D eigenvalue weighted by Crippen LogP contribution is 2.28. The van der Waals surface area contributed by atoms with Crippen molar-refractivity contribution in [3.63, 3.8) is 0 Å². The molecule has 1 amide bonds. The molecule has 0 unspecified atom stereocenters. The summed E-state index contributed by atoms with van der Waals surface area (Å²) in [4.78, 5) is 28.4. The van der Waals surface area contributed by atoms with Gasteiger partial charge in [0.05, 0.1) is 0 Å². The van der Waals surface area contributed by atoms with Crippen molar-refractivity contribution in [1.82, 2.24) is 4.98 Å². The van der Waals surface area contributed by atoms with Crippen molar-refractivity contribution in [2.45, 2.75) is 33.6 Å². The number of Topliss-reactive ketones (excluding diaryl/α,β-unsaturated/α-hetero) is 1. The van der Waals surface area contributed by atoms with Crippen LogP contribution in [-0.2, 0) is 0 Å². The van der Waals surface area contributed by atoms with Gasteiger partial charge in [0.25, 0.3) is 5.91 Å².